The largest absolute Gasteiger partial charge is 0.497 e. The van der Waals surface area contributed by atoms with E-state index in [-0.39, 0.29) is 12.0 Å². The van der Waals surface area contributed by atoms with Crippen LogP contribution in [0.25, 0.3) is 0 Å². The Bertz CT molecular complexity index is 891. The Hall–Kier alpha value is -2.96. The van der Waals surface area contributed by atoms with Gasteiger partial charge in [-0.05, 0) is 25.0 Å². The Kier molecular flexibility index (Phi) is 6.23. The number of aryl methyl sites for hydroxylation is 2. The number of methoxy groups -OCH3 is 2. The van der Waals surface area contributed by atoms with Gasteiger partial charge in [-0.2, -0.15) is 0 Å². The van der Waals surface area contributed by atoms with Crippen molar-refractivity contribution in [1.82, 2.24) is 4.90 Å². The summed E-state index contributed by atoms with van der Waals surface area (Å²) in [6.45, 7) is 2.85. The van der Waals surface area contributed by atoms with E-state index >= 15 is 0 Å². The summed E-state index contributed by atoms with van der Waals surface area (Å²) in [5.74, 6) is 2.50. The highest BCUT2D eigenvalue weighted by Crippen LogP contribution is 2.26. The highest BCUT2D eigenvalue weighted by molar-refractivity contribution is 5.77. The number of ether oxygens (including phenoxy) is 3. The maximum atomic E-state index is 12.6. The molecule has 7 nitrogen and oxygen atoms in total. The minimum atomic E-state index is -0.436. The summed E-state index contributed by atoms with van der Waals surface area (Å²) in [5.41, 5.74) is 0.532. The smallest absolute Gasteiger partial charge is 0.339 e. The number of rotatable bonds is 7. The van der Waals surface area contributed by atoms with E-state index in [1.807, 2.05) is 18.2 Å². The van der Waals surface area contributed by atoms with E-state index in [2.05, 4.69) is 0 Å². The number of nitrogens with zero attached hydrogens (tertiary/aromatic N) is 1. The average molecular weight is 387 g/mol. The van der Waals surface area contributed by atoms with Crippen molar-refractivity contribution in [3.05, 3.63) is 52.1 Å². The molecule has 28 heavy (non-hydrogen) atoms. The molecule has 1 aliphatic rings. The molecule has 1 amide bonds. The van der Waals surface area contributed by atoms with Crippen molar-refractivity contribution in [2.24, 2.45) is 0 Å². The molecule has 3 rings (SSSR count). The van der Waals surface area contributed by atoms with Gasteiger partial charge in [-0.15, -0.1) is 0 Å². The molecule has 0 N–H and O–H groups in total. The van der Waals surface area contributed by atoms with Crippen molar-refractivity contribution in [2.75, 3.05) is 27.3 Å². The summed E-state index contributed by atoms with van der Waals surface area (Å²) in [4.78, 5) is 25.8. The molecule has 1 aromatic carbocycles. The molecule has 1 aliphatic heterocycles. The number of likely N-dealkylation sites (tertiary alicyclic amines) is 1. The number of hydrogen-bond acceptors (Lipinski definition) is 6. The summed E-state index contributed by atoms with van der Waals surface area (Å²) < 4.78 is 21.4. The fourth-order valence-corrected chi connectivity index (χ4v) is 3.35. The molecule has 150 valence electrons. The Morgan fingerprint density at radius 1 is 1.18 bits per heavy atom. The zero-order valence-electron chi connectivity index (χ0n) is 16.4. The van der Waals surface area contributed by atoms with E-state index in [9.17, 15) is 9.59 Å². The summed E-state index contributed by atoms with van der Waals surface area (Å²) in [7, 11) is 3.21. The molecule has 7 heteroatoms. The molecule has 0 saturated carbocycles. The van der Waals surface area contributed by atoms with Crippen LogP contribution < -0.4 is 19.8 Å². The maximum absolute atomic E-state index is 12.6. The van der Waals surface area contributed by atoms with Gasteiger partial charge in [-0.25, -0.2) is 4.79 Å². The van der Waals surface area contributed by atoms with E-state index in [1.165, 1.54) is 6.07 Å². The first-order valence-corrected chi connectivity index (χ1v) is 9.25. The second-order valence-electron chi connectivity index (χ2n) is 6.77. The predicted octanol–water partition coefficient (Wildman–Crippen LogP) is 2.58. The Morgan fingerprint density at radius 3 is 2.71 bits per heavy atom. The van der Waals surface area contributed by atoms with E-state index in [0.29, 0.717) is 43.2 Å². The third-order valence-electron chi connectivity index (χ3n) is 4.77. The van der Waals surface area contributed by atoms with Crippen LogP contribution in [0.4, 0.5) is 0 Å². The van der Waals surface area contributed by atoms with Gasteiger partial charge in [-0.3, -0.25) is 4.79 Å². The van der Waals surface area contributed by atoms with Gasteiger partial charge in [0.1, 0.15) is 29.1 Å². The van der Waals surface area contributed by atoms with Crippen LogP contribution in [-0.4, -0.2) is 44.2 Å². The lowest BCUT2D eigenvalue weighted by Crippen LogP contribution is -2.31. The Morgan fingerprint density at radius 2 is 2.00 bits per heavy atom. The van der Waals surface area contributed by atoms with Crippen LogP contribution in [0, 0.1) is 6.92 Å². The van der Waals surface area contributed by atoms with E-state index < -0.39 is 5.63 Å². The predicted molar refractivity (Wildman–Crippen MR) is 103 cm³/mol. The standard InChI is InChI=1S/C21H25NO6/c1-14-10-18(12-21(24)27-14)28-17-8-9-22(13-17)20(23)7-5-15-4-6-16(25-2)11-19(15)26-3/h4,6,10-12,17H,5,7-9,13H2,1-3H3/t17-/m1/s1. The number of amides is 1. The monoisotopic (exact) mass is 387 g/mol. The van der Waals surface area contributed by atoms with Crippen LogP contribution >= 0.6 is 0 Å². The van der Waals surface area contributed by atoms with E-state index in [1.54, 1.807) is 32.1 Å². The lowest BCUT2D eigenvalue weighted by molar-refractivity contribution is -0.130. The van der Waals surface area contributed by atoms with Gasteiger partial charge in [0.15, 0.2) is 0 Å². The van der Waals surface area contributed by atoms with Crippen LogP contribution in [0.1, 0.15) is 24.2 Å². The molecule has 1 atom stereocenters. The maximum Gasteiger partial charge on any atom is 0.339 e. The molecular weight excluding hydrogens is 362 g/mol. The first-order chi connectivity index (χ1) is 13.5. The van der Waals surface area contributed by atoms with Gasteiger partial charge in [-0.1, -0.05) is 6.07 Å². The molecule has 2 aromatic rings. The summed E-state index contributed by atoms with van der Waals surface area (Å²) in [6.07, 6.45) is 1.59. The van der Waals surface area contributed by atoms with Gasteiger partial charge in [0.05, 0.1) is 26.8 Å². The van der Waals surface area contributed by atoms with Crippen molar-refractivity contribution in [3.63, 3.8) is 0 Å². The topological polar surface area (TPSA) is 78.2 Å². The van der Waals surface area contributed by atoms with Crippen LogP contribution in [-0.2, 0) is 11.2 Å². The number of carbonyl (C=O) groups is 1. The molecule has 2 heterocycles. The number of hydrogen-bond donors (Lipinski definition) is 0. The van der Waals surface area contributed by atoms with Crippen molar-refractivity contribution in [1.29, 1.82) is 0 Å². The molecular formula is C21H25NO6. The minimum absolute atomic E-state index is 0.0766. The third-order valence-corrected chi connectivity index (χ3v) is 4.77. The van der Waals surface area contributed by atoms with Crippen molar-refractivity contribution < 1.29 is 23.4 Å². The quantitative estimate of drug-likeness (QED) is 0.727. The van der Waals surface area contributed by atoms with E-state index in [0.717, 1.165) is 17.7 Å². The van der Waals surface area contributed by atoms with Crippen molar-refractivity contribution >= 4 is 5.91 Å². The van der Waals surface area contributed by atoms with Crippen LogP contribution in [0.5, 0.6) is 17.2 Å². The first kappa shape index (κ1) is 19.8. The minimum Gasteiger partial charge on any atom is -0.497 e. The molecule has 1 saturated heterocycles. The van der Waals surface area contributed by atoms with Crippen molar-refractivity contribution in [2.45, 2.75) is 32.3 Å². The lowest BCUT2D eigenvalue weighted by atomic mass is 10.1. The highest BCUT2D eigenvalue weighted by Gasteiger charge is 2.27. The Labute approximate surface area is 163 Å². The van der Waals surface area contributed by atoms with Gasteiger partial charge < -0.3 is 23.5 Å². The van der Waals surface area contributed by atoms with Gasteiger partial charge in [0.25, 0.3) is 0 Å². The second-order valence-corrected chi connectivity index (χ2v) is 6.77. The molecule has 1 aromatic heterocycles. The summed E-state index contributed by atoms with van der Waals surface area (Å²) in [5, 5.41) is 0. The average Bonchev–Trinajstić information content (AvgIpc) is 3.13. The molecule has 0 aliphatic carbocycles. The number of carbonyl (C=O) groups excluding carboxylic acids is 1. The highest BCUT2D eigenvalue weighted by atomic mass is 16.5. The van der Waals surface area contributed by atoms with Crippen LogP contribution in [0.2, 0.25) is 0 Å². The fourth-order valence-electron chi connectivity index (χ4n) is 3.35. The molecule has 0 spiro atoms. The van der Waals surface area contributed by atoms with Gasteiger partial charge in [0.2, 0.25) is 5.91 Å². The normalized spacial score (nSPS) is 16.1. The van der Waals surface area contributed by atoms with Crippen LogP contribution in [0.15, 0.2) is 39.5 Å². The first-order valence-electron chi connectivity index (χ1n) is 9.25. The summed E-state index contributed by atoms with van der Waals surface area (Å²) in [6, 6.07) is 8.61. The van der Waals surface area contributed by atoms with Gasteiger partial charge >= 0.3 is 5.63 Å². The zero-order chi connectivity index (χ0) is 20.1. The third kappa shape index (κ3) is 4.85. The lowest BCUT2D eigenvalue weighted by Gasteiger charge is -2.18. The zero-order valence-corrected chi connectivity index (χ0v) is 16.4. The van der Waals surface area contributed by atoms with E-state index in [4.69, 9.17) is 18.6 Å². The van der Waals surface area contributed by atoms with Crippen molar-refractivity contribution in [3.8, 4) is 17.2 Å². The Balaban J connectivity index is 1.54. The molecule has 0 radical (unpaired) electrons. The second kappa shape index (κ2) is 8.82. The molecule has 0 unspecified atom stereocenters. The van der Waals surface area contributed by atoms with Gasteiger partial charge in [0, 0.05) is 31.5 Å². The fraction of sp³-hybridized carbons (Fsp3) is 0.429. The van der Waals surface area contributed by atoms with Crippen LogP contribution in [0.3, 0.4) is 0 Å². The summed E-state index contributed by atoms with van der Waals surface area (Å²) >= 11 is 0. The SMILES string of the molecule is COc1ccc(CCC(=O)N2CC[C@@H](Oc3cc(C)oc(=O)c3)C2)c(OC)c1. The molecule has 1 fully saturated rings. The molecule has 0 bridgehead atoms. The number of benzene rings is 1.